The lowest BCUT2D eigenvalue weighted by Gasteiger charge is -2.16. The Labute approximate surface area is 145 Å². The van der Waals surface area contributed by atoms with Crippen LogP contribution in [-0.2, 0) is 11.4 Å². The van der Waals surface area contributed by atoms with Crippen LogP contribution in [0.2, 0.25) is 5.02 Å². The van der Waals surface area contributed by atoms with Crippen molar-refractivity contribution < 1.29 is 14.3 Å². The zero-order chi connectivity index (χ0) is 17.5. The quantitative estimate of drug-likeness (QED) is 0.868. The Hall–Kier alpha value is -2.71. The van der Waals surface area contributed by atoms with Crippen LogP contribution < -0.4 is 14.8 Å². The standard InChI is InChI=1S/C18H17ClN2O3/c1-12(22)21-17(10-20)16-9-14(19)5-8-18(16)24-11-13-3-6-15(23-2)7-4-13/h3-9,17H,11H2,1-2H3,(H,21,22). The highest BCUT2D eigenvalue weighted by molar-refractivity contribution is 6.30. The molecule has 0 saturated carbocycles. The molecule has 0 fully saturated rings. The molecule has 1 amide bonds. The Morgan fingerprint density at radius 1 is 1.29 bits per heavy atom. The molecular weight excluding hydrogens is 328 g/mol. The maximum Gasteiger partial charge on any atom is 0.218 e. The minimum absolute atomic E-state index is 0.303. The topological polar surface area (TPSA) is 71.3 Å². The van der Waals surface area contributed by atoms with Gasteiger partial charge in [0.2, 0.25) is 5.91 Å². The monoisotopic (exact) mass is 344 g/mol. The summed E-state index contributed by atoms with van der Waals surface area (Å²) in [7, 11) is 1.61. The van der Waals surface area contributed by atoms with Gasteiger partial charge < -0.3 is 14.8 Å². The molecule has 1 N–H and O–H groups in total. The normalized spacial score (nSPS) is 11.2. The minimum atomic E-state index is -0.827. The van der Waals surface area contributed by atoms with Crippen molar-refractivity contribution in [3.05, 3.63) is 58.6 Å². The van der Waals surface area contributed by atoms with Gasteiger partial charge in [-0.2, -0.15) is 5.26 Å². The van der Waals surface area contributed by atoms with Gasteiger partial charge in [-0.3, -0.25) is 4.79 Å². The number of rotatable bonds is 6. The van der Waals surface area contributed by atoms with Gasteiger partial charge in [0.1, 0.15) is 24.1 Å². The third-order valence-electron chi connectivity index (χ3n) is 3.31. The highest BCUT2D eigenvalue weighted by atomic mass is 35.5. The molecule has 6 heteroatoms. The summed E-state index contributed by atoms with van der Waals surface area (Å²) in [5.41, 5.74) is 1.47. The van der Waals surface area contributed by atoms with Crippen molar-refractivity contribution in [3.63, 3.8) is 0 Å². The third-order valence-corrected chi connectivity index (χ3v) is 3.55. The molecule has 0 saturated heterocycles. The number of carbonyl (C=O) groups is 1. The molecule has 2 aromatic rings. The van der Waals surface area contributed by atoms with Gasteiger partial charge in [0.05, 0.1) is 13.2 Å². The molecule has 0 aliphatic rings. The number of methoxy groups -OCH3 is 1. The fourth-order valence-corrected chi connectivity index (χ4v) is 2.32. The van der Waals surface area contributed by atoms with Crippen LogP contribution in [0.3, 0.4) is 0 Å². The van der Waals surface area contributed by atoms with E-state index in [4.69, 9.17) is 21.1 Å². The van der Waals surface area contributed by atoms with E-state index in [0.29, 0.717) is 22.9 Å². The van der Waals surface area contributed by atoms with Gasteiger partial charge in [-0.15, -0.1) is 0 Å². The lowest BCUT2D eigenvalue weighted by atomic mass is 10.1. The van der Waals surface area contributed by atoms with E-state index < -0.39 is 6.04 Å². The average Bonchev–Trinajstić information content (AvgIpc) is 2.59. The number of hydrogen-bond donors (Lipinski definition) is 1. The molecular formula is C18H17ClN2O3. The lowest BCUT2D eigenvalue weighted by Crippen LogP contribution is -2.25. The number of nitriles is 1. The van der Waals surface area contributed by atoms with E-state index in [1.807, 2.05) is 30.3 Å². The number of hydrogen-bond acceptors (Lipinski definition) is 4. The summed E-state index contributed by atoms with van der Waals surface area (Å²) in [6.07, 6.45) is 0. The van der Waals surface area contributed by atoms with Crippen molar-refractivity contribution in [2.45, 2.75) is 19.6 Å². The second-order valence-electron chi connectivity index (χ2n) is 5.08. The molecule has 0 aliphatic heterocycles. The van der Waals surface area contributed by atoms with Crippen LogP contribution >= 0.6 is 11.6 Å². The molecule has 2 aromatic carbocycles. The van der Waals surface area contributed by atoms with Crippen molar-refractivity contribution in [2.75, 3.05) is 7.11 Å². The molecule has 0 heterocycles. The van der Waals surface area contributed by atoms with E-state index in [1.165, 1.54) is 6.92 Å². The van der Waals surface area contributed by atoms with Crippen LogP contribution in [0.15, 0.2) is 42.5 Å². The van der Waals surface area contributed by atoms with Gasteiger partial charge in [0.15, 0.2) is 0 Å². The molecule has 0 bridgehead atoms. The van der Waals surface area contributed by atoms with Gasteiger partial charge in [0, 0.05) is 17.5 Å². The van der Waals surface area contributed by atoms with Crippen LogP contribution in [-0.4, -0.2) is 13.0 Å². The first-order valence-electron chi connectivity index (χ1n) is 7.25. The molecule has 1 atom stereocenters. The van der Waals surface area contributed by atoms with Crippen molar-refractivity contribution in [1.29, 1.82) is 5.26 Å². The van der Waals surface area contributed by atoms with Crippen molar-refractivity contribution in [3.8, 4) is 17.6 Å². The van der Waals surface area contributed by atoms with Gasteiger partial charge in [-0.25, -0.2) is 0 Å². The summed E-state index contributed by atoms with van der Waals surface area (Å²) in [6, 6.07) is 13.7. The van der Waals surface area contributed by atoms with E-state index in [1.54, 1.807) is 25.3 Å². The fraction of sp³-hybridized carbons (Fsp3) is 0.222. The zero-order valence-electron chi connectivity index (χ0n) is 13.4. The maximum atomic E-state index is 11.3. The van der Waals surface area contributed by atoms with Gasteiger partial charge in [0.25, 0.3) is 0 Å². The smallest absolute Gasteiger partial charge is 0.218 e. The van der Waals surface area contributed by atoms with Crippen molar-refractivity contribution in [1.82, 2.24) is 5.32 Å². The molecule has 2 rings (SSSR count). The maximum absolute atomic E-state index is 11.3. The number of amides is 1. The molecule has 0 radical (unpaired) electrons. The van der Waals surface area contributed by atoms with E-state index in [0.717, 1.165) is 11.3 Å². The van der Waals surface area contributed by atoms with Crippen LogP contribution in [0.25, 0.3) is 0 Å². The Bertz CT molecular complexity index is 754. The molecule has 1 unspecified atom stereocenters. The molecule has 24 heavy (non-hydrogen) atoms. The Balaban J connectivity index is 2.19. The van der Waals surface area contributed by atoms with E-state index in [9.17, 15) is 10.1 Å². The van der Waals surface area contributed by atoms with E-state index in [2.05, 4.69) is 5.32 Å². The first-order chi connectivity index (χ1) is 11.5. The molecule has 5 nitrogen and oxygen atoms in total. The number of halogens is 1. The van der Waals surface area contributed by atoms with Crippen LogP contribution in [0.4, 0.5) is 0 Å². The highest BCUT2D eigenvalue weighted by Gasteiger charge is 2.17. The SMILES string of the molecule is COc1ccc(COc2ccc(Cl)cc2C(C#N)NC(C)=O)cc1. The molecule has 124 valence electrons. The Morgan fingerprint density at radius 3 is 2.58 bits per heavy atom. The number of ether oxygens (including phenoxy) is 2. The van der Waals surface area contributed by atoms with Crippen molar-refractivity contribution >= 4 is 17.5 Å². The first kappa shape index (κ1) is 17.6. The van der Waals surface area contributed by atoms with Gasteiger partial charge >= 0.3 is 0 Å². The summed E-state index contributed by atoms with van der Waals surface area (Å²) >= 11 is 6.01. The highest BCUT2D eigenvalue weighted by Crippen LogP contribution is 2.29. The van der Waals surface area contributed by atoms with E-state index >= 15 is 0 Å². The number of nitrogens with zero attached hydrogens (tertiary/aromatic N) is 1. The number of benzene rings is 2. The predicted octanol–water partition coefficient (Wildman–Crippen LogP) is 3.63. The van der Waals surface area contributed by atoms with Crippen LogP contribution in [0.5, 0.6) is 11.5 Å². The van der Waals surface area contributed by atoms with Gasteiger partial charge in [-0.1, -0.05) is 23.7 Å². The van der Waals surface area contributed by atoms with Crippen molar-refractivity contribution in [2.24, 2.45) is 0 Å². The minimum Gasteiger partial charge on any atom is -0.497 e. The predicted molar refractivity (Wildman–Crippen MR) is 90.9 cm³/mol. The third kappa shape index (κ3) is 4.64. The second kappa shape index (κ2) is 8.23. The van der Waals surface area contributed by atoms with E-state index in [-0.39, 0.29) is 5.91 Å². The first-order valence-corrected chi connectivity index (χ1v) is 7.63. The summed E-state index contributed by atoms with van der Waals surface area (Å²) in [5.74, 6) is 0.958. The molecule has 0 aliphatic carbocycles. The second-order valence-corrected chi connectivity index (χ2v) is 5.52. The number of carbonyl (C=O) groups excluding carboxylic acids is 1. The fourth-order valence-electron chi connectivity index (χ4n) is 2.14. The molecule has 0 aromatic heterocycles. The zero-order valence-corrected chi connectivity index (χ0v) is 14.1. The number of nitrogens with one attached hydrogen (secondary N) is 1. The Morgan fingerprint density at radius 2 is 2.00 bits per heavy atom. The summed E-state index contributed by atoms with van der Waals surface area (Å²) in [6.45, 7) is 1.67. The lowest BCUT2D eigenvalue weighted by molar-refractivity contribution is -0.119. The summed E-state index contributed by atoms with van der Waals surface area (Å²) in [4.78, 5) is 11.3. The largest absolute Gasteiger partial charge is 0.497 e. The van der Waals surface area contributed by atoms with Gasteiger partial charge in [-0.05, 0) is 35.9 Å². The average molecular weight is 345 g/mol. The summed E-state index contributed by atoms with van der Waals surface area (Å²) in [5, 5.41) is 12.3. The molecule has 0 spiro atoms. The summed E-state index contributed by atoms with van der Waals surface area (Å²) < 4.78 is 10.9. The van der Waals surface area contributed by atoms with Crippen LogP contribution in [0.1, 0.15) is 24.1 Å². The van der Waals surface area contributed by atoms with Crippen LogP contribution in [0, 0.1) is 11.3 Å². The Kier molecular flexibility index (Phi) is 6.05.